The molecule has 5 nitrogen and oxygen atoms in total. The highest BCUT2D eigenvalue weighted by Crippen LogP contribution is 2.21. The Bertz CT molecular complexity index is 588. The van der Waals surface area contributed by atoms with E-state index in [-0.39, 0.29) is 0 Å². The molecular formula is C18H25N3O2. The minimum absolute atomic E-state index is 0.542. The van der Waals surface area contributed by atoms with Crippen LogP contribution in [-0.2, 0) is 4.74 Å². The first kappa shape index (κ1) is 16.0. The van der Waals surface area contributed by atoms with Crippen molar-refractivity contribution in [1.29, 1.82) is 0 Å². The van der Waals surface area contributed by atoms with E-state index in [1.807, 2.05) is 18.2 Å². The van der Waals surface area contributed by atoms with Crippen molar-refractivity contribution >= 4 is 5.57 Å². The van der Waals surface area contributed by atoms with E-state index in [1.165, 1.54) is 11.3 Å². The summed E-state index contributed by atoms with van der Waals surface area (Å²) in [6.45, 7) is 6.15. The molecule has 2 aliphatic heterocycles. The maximum Gasteiger partial charge on any atom is 0.0932 e. The van der Waals surface area contributed by atoms with E-state index in [0.29, 0.717) is 5.69 Å². The topological polar surface area (TPSA) is 57.6 Å². The first-order valence-corrected chi connectivity index (χ1v) is 8.33. The summed E-state index contributed by atoms with van der Waals surface area (Å²) in [7, 11) is 0. The van der Waals surface area contributed by atoms with Crippen molar-refractivity contribution in [1.82, 2.24) is 15.2 Å². The van der Waals surface area contributed by atoms with Gasteiger partial charge in [0.15, 0.2) is 0 Å². The number of nitrogens with one attached hydrogen (secondary N) is 1. The van der Waals surface area contributed by atoms with Crippen molar-refractivity contribution in [3.63, 3.8) is 0 Å². The van der Waals surface area contributed by atoms with Crippen LogP contribution in [0.5, 0.6) is 0 Å². The number of allylic oxidation sites excluding steroid dienone is 1. The molecule has 1 saturated heterocycles. The van der Waals surface area contributed by atoms with Gasteiger partial charge in [-0.25, -0.2) is 0 Å². The number of rotatable bonds is 3. The van der Waals surface area contributed by atoms with Crippen molar-refractivity contribution in [2.45, 2.75) is 25.9 Å². The zero-order valence-corrected chi connectivity index (χ0v) is 13.7. The van der Waals surface area contributed by atoms with Crippen LogP contribution < -0.4 is 5.32 Å². The lowest BCUT2D eigenvalue weighted by molar-refractivity contribution is 0.145. The van der Waals surface area contributed by atoms with Gasteiger partial charge >= 0.3 is 0 Å². The standard InChI is InChI=1S/C18H25N3O2/c1-14(22)17-4-2-5-18(20-17)15-6-7-16(13-19-12-15)21-8-3-10-23-11-9-21/h2,4-6,13-14,19,22H,3,7-12H2,1H3. The molecule has 0 aliphatic carbocycles. The molecule has 0 aromatic carbocycles. The molecule has 3 heterocycles. The fourth-order valence-electron chi connectivity index (χ4n) is 2.95. The van der Waals surface area contributed by atoms with Crippen LogP contribution in [0.3, 0.4) is 0 Å². The number of hydrogen-bond acceptors (Lipinski definition) is 5. The first-order valence-electron chi connectivity index (χ1n) is 8.33. The van der Waals surface area contributed by atoms with Gasteiger partial charge in [0, 0.05) is 44.6 Å². The lowest BCUT2D eigenvalue weighted by atomic mass is 10.1. The van der Waals surface area contributed by atoms with Crippen molar-refractivity contribution in [3.05, 3.63) is 47.6 Å². The molecule has 124 valence electrons. The van der Waals surface area contributed by atoms with E-state index in [9.17, 15) is 5.11 Å². The summed E-state index contributed by atoms with van der Waals surface area (Å²) in [5.74, 6) is 0. The largest absolute Gasteiger partial charge is 0.387 e. The monoisotopic (exact) mass is 315 g/mol. The molecule has 23 heavy (non-hydrogen) atoms. The van der Waals surface area contributed by atoms with E-state index in [2.05, 4.69) is 27.5 Å². The van der Waals surface area contributed by atoms with Crippen molar-refractivity contribution in [2.75, 3.05) is 32.8 Å². The maximum absolute atomic E-state index is 9.71. The molecule has 0 radical (unpaired) electrons. The van der Waals surface area contributed by atoms with Gasteiger partial charge in [0.1, 0.15) is 0 Å². The molecule has 3 rings (SSSR count). The molecule has 1 aromatic heterocycles. The average molecular weight is 315 g/mol. The summed E-state index contributed by atoms with van der Waals surface area (Å²) in [4.78, 5) is 6.98. The fourth-order valence-corrected chi connectivity index (χ4v) is 2.95. The van der Waals surface area contributed by atoms with Crippen molar-refractivity contribution in [2.24, 2.45) is 0 Å². The van der Waals surface area contributed by atoms with Gasteiger partial charge in [-0.15, -0.1) is 0 Å². The molecule has 1 fully saturated rings. The smallest absolute Gasteiger partial charge is 0.0932 e. The lowest BCUT2D eigenvalue weighted by Gasteiger charge is -2.24. The Morgan fingerprint density at radius 3 is 3.09 bits per heavy atom. The SMILES string of the molecule is CC(O)c1cccc(C2=CCC(N3CCCOCC3)=CNC2)n1. The van der Waals surface area contributed by atoms with Gasteiger partial charge in [0.05, 0.1) is 24.1 Å². The van der Waals surface area contributed by atoms with Crippen LogP contribution in [0.1, 0.15) is 37.3 Å². The number of aromatic nitrogens is 1. The minimum atomic E-state index is -0.542. The highest BCUT2D eigenvalue weighted by Gasteiger charge is 2.15. The normalized spacial score (nSPS) is 20.7. The second-order valence-corrected chi connectivity index (χ2v) is 6.03. The Labute approximate surface area is 137 Å². The van der Waals surface area contributed by atoms with Gasteiger partial charge in [0.2, 0.25) is 0 Å². The molecule has 1 unspecified atom stereocenters. The zero-order chi connectivity index (χ0) is 16.1. The molecule has 2 N–H and O–H groups in total. The molecule has 1 aromatic rings. The van der Waals surface area contributed by atoms with Crippen molar-refractivity contribution < 1.29 is 9.84 Å². The number of nitrogens with zero attached hydrogens (tertiary/aromatic N) is 2. The molecule has 0 bridgehead atoms. The summed E-state index contributed by atoms with van der Waals surface area (Å²) in [5.41, 5.74) is 4.12. The van der Waals surface area contributed by atoms with Crippen molar-refractivity contribution in [3.8, 4) is 0 Å². The molecule has 5 heteroatoms. The van der Waals surface area contributed by atoms with E-state index in [0.717, 1.165) is 51.4 Å². The predicted molar refractivity (Wildman–Crippen MR) is 90.6 cm³/mol. The zero-order valence-electron chi connectivity index (χ0n) is 13.7. The molecule has 2 aliphatic rings. The maximum atomic E-state index is 9.71. The average Bonchev–Trinajstić information content (AvgIpc) is 2.97. The van der Waals surface area contributed by atoms with Gasteiger partial charge in [-0.05, 0) is 31.1 Å². The van der Waals surface area contributed by atoms with Gasteiger partial charge in [-0.3, -0.25) is 4.98 Å². The quantitative estimate of drug-likeness (QED) is 0.894. The summed E-state index contributed by atoms with van der Waals surface area (Å²) in [6, 6.07) is 5.82. The number of aliphatic hydroxyl groups excluding tert-OH is 1. The minimum Gasteiger partial charge on any atom is -0.387 e. The van der Waals surface area contributed by atoms with Crippen LogP contribution >= 0.6 is 0 Å². The predicted octanol–water partition coefficient (Wildman–Crippen LogP) is 2.08. The number of aliphatic hydroxyl groups is 1. The molecular weight excluding hydrogens is 290 g/mol. The summed E-state index contributed by atoms with van der Waals surface area (Å²) in [5, 5.41) is 13.1. The lowest BCUT2D eigenvalue weighted by Crippen LogP contribution is -2.26. The second-order valence-electron chi connectivity index (χ2n) is 6.03. The molecule has 0 saturated carbocycles. The van der Waals surface area contributed by atoms with E-state index in [1.54, 1.807) is 6.92 Å². The highest BCUT2D eigenvalue weighted by atomic mass is 16.5. The van der Waals surface area contributed by atoms with E-state index < -0.39 is 6.10 Å². The number of ether oxygens (including phenoxy) is 1. The third-order valence-electron chi connectivity index (χ3n) is 4.27. The first-order chi connectivity index (χ1) is 11.2. The van der Waals surface area contributed by atoms with Crippen LogP contribution in [0.2, 0.25) is 0 Å². The third-order valence-corrected chi connectivity index (χ3v) is 4.27. The van der Waals surface area contributed by atoms with Crippen LogP contribution in [0.25, 0.3) is 5.57 Å². The third kappa shape index (κ3) is 4.12. The Kier molecular flexibility index (Phi) is 5.31. The van der Waals surface area contributed by atoms with Crippen LogP contribution in [-0.4, -0.2) is 47.8 Å². The number of pyridine rings is 1. The molecule has 0 spiro atoms. The van der Waals surface area contributed by atoms with Crippen LogP contribution in [0.15, 0.2) is 36.2 Å². The molecule has 1 atom stereocenters. The summed E-state index contributed by atoms with van der Waals surface area (Å²) in [6.07, 6.45) is 5.79. The second kappa shape index (κ2) is 7.62. The van der Waals surface area contributed by atoms with Gasteiger partial charge < -0.3 is 20.1 Å². The fraction of sp³-hybridized carbons (Fsp3) is 0.500. The number of hydrogen-bond donors (Lipinski definition) is 2. The van der Waals surface area contributed by atoms with Crippen LogP contribution in [0.4, 0.5) is 0 Å². The Morgan fingerprint density at radius 2 is 2.22 bits per heavy atom. The Morgan fingerprint density at radius 1 is 1.30 bits per heavy atom. The summed E-state index contributed by atoms with van der Waals surface area (Å²) >= 11 is 0. The van der Waals surface area contributed by atoms with Crippen LogP contribution in [0, 0.1) is 0 Å². The summed E-state index contributed by atoms with van der Waals surface area (Å²) < 4.78 is 5.53. The Hall–Kier alpha value is -1.85. The molecule has 0 amide bonds. The Balaban J connectivity index is 1.73. The van der Waals surface area contributed by atoms with Gasteiger partial charge in [-0.1, -0.05) is 12.1 Å². The highest BCUT2D eigenvalue weighted by molar-refractivity contribution is 5.65. The van der Waals surface area contributed by atoms with Gasteiger partial charge in [0.25, 0.3) is 0 Å². The van der Waals surface area contributed by atoms with E-state index >= 15 is 0 Å². The van der Waals surface area contributed by atoms with Gasteiger partial charge in [-0.2, -0.15) is 0 Å². The van der Waals surface area contributed by atoms with E-state index in [4.69, 9.17) is 4.74 Å².